The summed E-state index contributed by atoms with van der Waals surface area (Å²) < 4.78 is 13.1. The number of anilines is 1. The number of pyridine rings is 1. The summed E-state index contributed by atoms with van der Waals surface area (Å²) in [7, 11) is 0. The first-order valence-electron chi connectivity index (χ1n) is 9.56. The molecule has 1 aromatic heterocycles. The number of halogens is 1. The molecule has 2 amide bonds. The molecule has 4 rings (SSSR count). The predicted octanol–water partition coefficient (Wildman–Crippen LogP) is 1.92. The van der Waals surface area contributed by atoms with Crippen molar-refractivity contribution in [3.8, 4) is 0 Å². The van der Waals surface area contributed by atoms with Gasteiger partial charge >= 0.3 is 0 Å². The first-order valence-corrected chi connectivity index (χ1v) is 9.56. The van der Waals surface area contributed by atoms with Crippen LogP contribution in [-0.2, 0) is 16.1 Å². The van der Waals surface area contributed by atoms with Crippen molar-refractivity contribution < 1.29 is 14.0 Å². The first kappa shape index (κ1) is 18.4. The highest BCUT2D eigenvalue weighted by Gasteiger charge is 2.37. The van der Waals surface area contributed by atoms with Crippen molar-refractivity contribution in [2.45, 2.75) is 13.0 Å². The van der Waals surface area contributed by atoms with Crippen LogP contribution in [0.4, 0.5) is 10.1 Å². The molecular formula is C21H23FN4O2. The number of likely N-dealkylation sites (tertiary alicyclic amines) is 1. The Morgan fingerprint density at radius 3 is 2.39 bits per heavy atom. The molecule has 0 N–H and O–H groups in total. The topological polar surface area (TPSA) is 56.8 Å². The SMILES string of the molecule is O=C1CC(C(=O)N2CCN(c3ccc(F)cc3)CC2)CN1Cc1ccncc1. The molecule has 2 aliphatic rings. The molecule has 1 unspecified atom stereocenters. The molecule has 28 heavy (non-hydrogen) atoms. The summed E-state index contributed by atoms with van der Waals surface area (Å²) in [4.78, 5) is 35.0. The van der Waals surface area contributed by atoms with Crippen LogP contribution >= 0.6 is 0 Å². The van der Waals surface area contributed by atoms with Gasteiger partial charge in [-0.15, -0.1) is 0 Å². The number of rotatable bonds is 4. The molecule has 0 aliphatic carbocycles. The van der Waals surface area contributed by atoms with E-state index < -0.39 is 0 Å². The highest BCUT2D eigenvalue weighted by Crippen LogP contribution is 2.24. The molecule has 0 bridgehead atoms. The van der Waals surface area contributed by atoms with E-state index in [2.05, 4.69) is 9.88 Å². The minimum absolute atomic E-state index is 0.0279. The molecular weight excluding hydrogens is 359 g/mol. The molecule has 7 heteroatoms. The second-order valence-corrected chi connectivity index (χ2v) is 7.32. The Labute approximate surface area is 163 Å². The van der Waals surface area contributed by atoms with Crippen LogP contribution in [0.5, 0.6) is 0 Å². The molecule has 0 radical (unpaired) electrons. The third-order valence-corrected chi connectivity index (χ3v) is 5.47. The molecule has 2 fully saturated rings. The van der Waals surface area contributed by atoms with Crippen LogP contribution in [0.1, 0.15) is 12.0 Å². The van der Waals surface area contributed by atoms with Gasteiger partial charge in [0.25, 0.3) is 0 Å². The van der Waals surface area contributed by atoms with E-state index in [0.29, 0.717) is 39.3 Å². The van der Waals surface area contributed by atoms with Crippen LogP contribution in [-0.4, -0.2) is 59.3 Å². The van der Waals surface area contributed by atoms with E-state index >= 15 is 0 Å². The summed E-state index contributed by atoms with van der Waals surface area (Å²) in [5.41, 5.74) is 1.98. The normalized spacial score (nSPS) is 20.0. The minimum Gasteiger partial charge on any atom is -0.368 e. The van der Waals surface area contributed by atoms with Crippen molar-refractivity contribution in [1.29, 1.82) is 0 Å². The Morgan fingerprint density at radius 2 is 1.71 bits per heavy atom. The monoisotopic (exact) mass is 382 g/mol. The highest BCUT2D eigenvalue weighted by atomic mass is 19.1. The molecule has 1 atom stereocenters. The van der Waals surface area contributed by atoms with Crippen molar-refractivity contribution in [3.63, 3.8) is 0 Å². The van der Waals surface area contributed by atoms with Gasteiger partial charge in [-0.2, -0.15) is 0 Å². The van der Waals surface area contributed by atoms with E-state index in [1.54, 1.807) is 29.4 Å². The van der Waals surface area contributed by atoms with E-state index in [-0.39, 0.29) is 30.0 Å². The number of hydrogen-bond donors (Lipinski definition) is 0. The second kappa shape index (κ2) is 7.96. The highest BCUT2D eigenvalue weighted by molar-refractivity contribution is 5.89. The zero-order chi connectivity index (χ0) is 19.5. The van der Waals surface area contributed by atoms with Crippen LogP contribution in [0.25, 0.3) is 0 Å². The summed E-state index contributed by atoms with van der Waals surface area (Å²) in [6.07, 6.45) is 3.69. The van der Waals surface area contributed by atoms with E-state index in [1.807, 2.05) is 17.0 Å². The van der Waals surface area contributed by atoms with Gasteiger partial charge in [-0.25, -0.2) is 4.39 Å². The van der Waals surface area contributed by atoms with Gasteiger partial charge in [0.15, 0.2) is 0 Å². The largest absolute Gasteiger partial charge is 0.368 e. The molecule has 0 saturated carbocycles. The Kier molecular flexibility index (Phi) is 5.23. The van der Waals surface area contributed by atoms with Crippen molar-refractivity contribution in [2.24, 2.45) is 5.92 Å². The standard InChI is InChI=1S/C21H23FN4O2/c22-18-1-3-19(4-2-18)24-9-11-25(12-10-24)21(28)17-13-20(27)26(15-17)14-16-5-7-23-8-6-16/h1-8,17H,9-15H2. The molecule has 0 spiro atoms. The Balaban J connectivity index is 1.31. The van der Waals surface area contributed by atoms with Crippen LogP contribution in [0, 0.1) is 11.7 Å². The summed E-state index contributed by atoms with van der Waals surface area (Å²) in [6, 6.07) is 10.2. The van der Waals surface area contributed by atoms with Gasteiger partial charge in [-0.1, -0.05) is 0 Å². The number of carbonyl (C=O) groups is 2. The van der Waals surface area contributed by atoms with Crippen molar-refractivity contribution in [1.82, 2.24) is 14.8 Å². The summed E-state index contributed by atoms with van der Waals surface area (Å²) >= 11 is 0. The molecule has 146 valence electrons. The fraction of sp³-hybridized carbons (Fsp3) is 0.381. The second-order valence-electron chi connectivity index (χ2n) is 7.32. The van der Waals surface area contributed by atoms with Crippen LogP contribution in [0.3, 0.4) is 0 Å². The quantitative estimate of drug-likeness (QED) is 0.811. The fourth-order valence-corrected chi connectivity index (χ4v) is 3.89. The maximum Gasteiger partial charge on any atom is 0.228 e. The average Bonchev–Trinajstić information content (AvgIpc) is 3.09. The van der Waals surface area contributed by atoms with Gasteiger partial charge in [-0.3, -0.25) is 14.6 Å². The average molecular weight is 382 g/mol. The number of carbonyl (C=O) groups excluding carboxylic acids is 2. The molecule has 2 aromatic rings. The number of hydrogen-bond acceptors (Lipinski definition) is 4. The molecule has 3 heterocycles. The number of amides is 2. The van der Waals surface area contributed by atoms with Crippen LogP contribution in [0.15, 0.2) is 48.8 Å². The number of benzene rings is 1. The van der Waals surface area contributed by atoms with Gasteiger partial charge in [0.1, 0.15) is 5.82 Å². The van der Waals surface area contributed by atoms with Gasteiger partial charge in [0, 0.05) is 63.8 Å². The third kappa shape index (κ3) is 3.98. The van der Waals surface area contributed by atoms with Gasteiger partial charge in [-0.05, 0) is 42.0 Å². The van der Waals surface area contributed by atoms with E-state index in [4.69, 9.17) is 0 Å². The lowest BCUT2D eigenvalue weighted by molar-refractivity contribution is -0.136. The van der Waals surface area contributed by atoms with E-state index in [9.17, 15) is 14.0 Å². The van der Waals surface area contributed by atoms with Gasteiger partial charge in [0.05, 0.1) is 5.92 Å². The zero-order valence-corrected chi connectivity index (χ0v) is 15.6. The lowest BCUT2D eigenvalue weighted by Crippen LogP contribution is -2.50. The lowest BCUT2D eigenvalue weighted by Gasteiger charge is -2.37. The van der Waals surface area contributed by atoms with Crippen molar-refractivity contribution in [2.75, 3.05) is 37.6 Å². The summed E-state index contributed by atoms with van der Waals surface area (Å²) in [5.74, 6) is -0.434. The summed E-state index contributed by atoms with van der Waals surface area (Å²) in [6.45, 7) is 3.63. The smallest absolute Gasteiger partial charge is 0.228 e. The maximum atomic E-state index is 13.1. The minimum atomic E-state index is -0.272. The van der Waals surface area contributed by atoms with Crippen LogP contribution < -0.4 is 4.90 Å². The van der Waals surface area contributed by atoms with E-state index in [1.165, 1.54) is 12.1 Å². The molecule has 6 nitrogen and oxygen atoms in total. The molecule has 1 aromatic carbocycles. The van der Waals surface area contributed by atoms with Gasteiger partial charge < -0.3 is 14.7 Å². The summed E-state index contributed by atoms with van der Waals surface area (Å²) in [5, 5.41) is 0. The predicted molar refractivity (Wildman–Crippen MR) is 103 cm³/mol. The number of aromatic nitrogens is 1. The Bertz CT molecular complexity index is 835. The Hall–Kier alpha value is -2.96. The fourth-order valence-electron chi connectivity index (χ4n) is 3.89. The molecule has 2 aliphatic heterocycles. The Morgan fingerprint density at radius 1 is 1.04 bits per heavy atom. The lowest BCUT2D eigenvalue weighted by atomic mass is 10.1. The van der Waals surface area contributed by atoms with E-state index in [0.717, 1.165) is 11.3 Å². The first-order chi connectivity index (χ1) is 13.6. The van der Waals surface area contributed by atoms with Crippen LogP contribution in [0.2, 0.25) is 0 Å². The van der Waals surface area contributed by atoms with Crippen molar-refractivity contribution in [3.05, 3.63) is 60.2 Å². The van der Waals surface area contributed by atoms with Crippen molar-refractivity contribution >= 4 is 17.5 Å². The zero-order valence-electron chi connectivity index (χ0n) is 15.6. The molecule has 2 saturated heterocycles. The number of piperazine rings is 1. The maximum absolute atomic E-state index is 13.1. The number of nitrogens with zero attached hydrogens (tertiary/aromatic N) is 4. The third-order valence-electron chi connectivity index (χ3n) is 5.47. The van der Waals surface area contributed by atoms with Gasteiger partial charge in [0.2, 0.25) is 11.8 Å².